The van der Waals surface area contributed by atoms with Crippen molar-refractivity contribution < 1.29 is 28.7 Å². The lowest BCUT2D eigenvalue weighted by Gasteiger charge is -2.52. The Hall–Kier alpha value is -1.88. The maximum atomic E-state index is 13.1. The van der Waals surface area contributed by atoms with E-state index in [1.807, 2.05) is 30.3 Å². The zero-order valence-electron chi connectivity index (χ0n) is 17.0. The highest BCUT2D eigenvalue weighted by atomic mass is 35.6. The first kappa shape index (κ1) is 24.8. The smallest absolute Gasteiger partial charge is 0.409 e. The SMILES string of the molecule is CC1(C)S[C@H]2N(C(=O)[C@@]2(NC=O)NC(=O)OCC(Cl)(Cl)Cl)[C@H]1C(=O)OCc1ccccc1. The molecule has 0 aromatic heterocycles. The van der Waals surface area contributed by atoms with Gasteiger partial charge in [0.1, 0.15) is 24.6 Å². The Balaban J connectivity index is 1.75. The average Bonchev–Trinajstić information content (AvgIpc) is 2.99. The van der Waals surface area contributed by atoms with Crippen LogP contribution >= 0.6 is 46.6 Å². The van der Waals surface area contributed by atoms with E-state index in [9.17, 15) is 19.2 Å². The molecule has 2 heterocycles. The van der Waals surface area contributed by atoms with Gasteiger partial charge in [-0.25, -0.2) is 9.59 Å². The number of alkyl halides is 3. The number of hydrogen-bond acceptors (Lipinski definition) is 7. The van der Waals surface area contributed by atoms with Gasteiger partial charge >= 0.3 is 12.1 Å². The monoisotopic (exact) mass is 523 g/mol. The van der Waals surface area contributed by atoms with Gasteiger partial charge in [0.05, 0.1) is 0 Å². The molecule has 2 fully saturated rings. The Kier molecular flexibility index (Phi) is 7.09. The van der Waals surface area contributed by atoms with Gasteiger partial charge in [-0.05, 0) is 19.4 Å². The van der Waals surface area contributed by atoms with E-state index in [4.69, 9.17) is 44.3 Å². The van der Waals surface area contributed by atoms with E-state index in [1.54, 1.807) is 13.8 Å². The van der Waals surface area contributed by atoms with Crippen molar-refractivity contribution in [2.45, 2.75) is 46.1 Å². The number of benzene rings is 1. The first-order valence-corrected chi connectivity index (χ1v) is 11.4. The molecule has 2 aliphatic rings. The molecule has 0 spiro atoms. The molecule has 0 unspecified atom stereocenters. The zero-order chi connectivity index (χ0) is 23.7. The molecule has 3 amide bonds. The maximum Gasteiger partial charge on any atom is 0.409 e. The number of rotatable bonds is 7. The van der Waals surface area contributed by atoms with E-state index in [-0.39, 0.29) is 13.0 Å². The number of hydrogen-bond donors (Lipinski definition) is 2. The molecule has 0 aliphatic carbocycles. The summed E-state index contributed by atoms with van der Waals surface area (Å²) >= 11 is 17.9. The van der Waals surface area contributed by atoms with Crippen LogP contribution in [0.4, 0.5) is 4.79 Å². The third-order valence-corrected chi connectivity index (χ3v) is 6.91. The molecule has 1 aromatic carbocycles. The largest absolute Gasteiger partial charge is 0.459 e. The Morgan fingerprint density at radius 1 is 1.22 bits per heavy atom. The molecule has 3 atom stereocenters. The van der Waals surface area contributed by atoms with Gasteiger partial charge in [-0.2, -0.15) is 0 Å². The number of carbonyl (C=O) groups is 4. The molecule has 0 radical (unpaired) electrons. The molecule has 1 aromatic rings. The maximum absolute atomic E-state index is 13.1. The predicted molar refractivity (Wildman–Crippen MR) is 119 cm³/mol. The molecular formula is C19H20Cl3N3O6S. The van der Waals surface area contributed by atoms with Crippen molar-refractivity contribution in [3.05, 3.63) is 35.9 Å². The van der Waals surface area contributed by atoms with Crippen LogP contribution in [0, 0.1) is 0 Å². The van der Waals surface area contributed by atoms with E-state index in [0.717, 1.165) is 5.56 Å². The van der Waals surface area contributed by atoms with Crippen molar-refractivity contribution in [1.82, 2.24) is 15.5 Å². The van der Waals surface area contributed by atoms with Crippen molar-refractivity contribution in [2.75, 3.05) is 6.61 Å². The third-order valence-electron chi connectivity index (χ3n) is 4.95. The van der Waals surface area contributed by atoms with Crippen molar-refractivity contribution in [3.8, 4) is 0 Å². The molecule has 3 rings (SSSR count). The molecule has 0 saturated carbocycles. The normalized spacial score (nSPS) is 25.9. The topological polar surface area (TPSA) is 114 Å². The first-order valence-electron chi connectivity index (χ1n) is 9.35. The summed E-state index contributed by atoms with van der Waals surface area (Å²) in [4.78, 5) is 50.7. The number of thioether (sulfide) groups is 1. The van der Waals surface area contributed by atoms with Crippen molar-refractivity contribution in [3.63, 3.8) is 0 Å². The first-order chi connectivity index (χ1) is 14.9. The number of alkyl carbamates (subject to hydrolysis) is 1. The number of amides is 3. The number of carbonyl (C=O) groups excluding carboxylic acids is 4. The van der Waals surface area contributed by atoms with Gasteiger partial charge in [0.15, 0.2) is 0 Å². The summed E-state index contributed by atoms with van der Waals surface area (Å²) in [5.41, 5.74) is -1.02. The second-order valence-corrected chi connectivity index (χ2v) is 11.9. The van der Waals surface area contributed by atoms with Crippen molar-refractivity contribution in [2.24, 2.45) is 0 Å². The van der Waals surface area contributed by atoms with Crippen LogP contribution in [0.3, 0.4) is 0 Å². The summed E-state index contributed by atoms with van der Waals surface area (Å²) in [5.74, 6) is -1.29. The van der Waals surface area contributed by atoms with Gasteiger partial charge in [-0.1, -0.05) is 65.1 Å². The van der Waals surface area contributed by atoms with Gasteiger partial charge in [0, 0.05) is 4.75 Å². The van der Waals surface area contributed by atoms with Crippen LogP contribution < -0.4 is 10.6 Å². The van der Waals surface area contributed by atoms with E-state index < -0.39 is 50.2 Å². The van der Waals surface area contributed by atoms with E-state index in [0.29, 0.717) is 0 Å². The molecule has 32 heavy (non-hydrogen) atoms. The number of ether oxygens (including phenoxy) is 2. The highest BCUT2D eigenvalue weighted by Gasteiger charge is 2.73. The second-order valence-electron chi connectivity index (χ2n) is 7.67. The lowest BCUT2D eigenvalue weighted by Crippen LogP contribution is -2.84. The minimum Gasteiger partial charge on any atom is -0.459 e. The quantitative estimate of drug-likeness (QED) is 0.185. The molecule has 2 N–H and O–H groups in total. The summed E-state index contributed by atoms with van der Waals surface area (Å²) < 4.78 is 7.64. The average molecular weight is 525 g/mol. The third kappa shape index (κ3) is 4.88. The van der Waals surface area contributed by atoms with Gasteiger partial charge < -0.3 is 19.7 Å². The Morgan fingerprint density at radius 2 is 1.88 bits per heavy atom. The van der Waals surface area contributed by atoms with Crippen molar-refractivity contribution in [1.29, 1.82) is 0 Å². The highest BCUT2D eigenvalue weighted by Crippen LogP contribution is 2.54. The fourth-order valence-electron chi connectivity index (χ4n) is 3.57. The predicted octanol–water partition coefficient (Wildman–Crippen LogP) is 2.33. The lowest BCUT2D eigenvalue weighted by molar-refractivity contribution is -0.173. The Bertz CT molecular complexity index is 913. The standard InChI is InChI=1S/C19H20Cl3N3O6S/c1-17(2)12(13(27)30-8-11-6-4-3-5-7-11)25-14(28)19(23-10-26,15(25)32-17)24-16(29)31-9-18(20,21)22/h3-7,10,12,15H,8-9H2,1-2H3,(H,23,26)(H,24,29)/t12-,15+,19+/m0/s1. The molecule has 2 saturated heterocycles. The minimum absolute atomic E-state index is 0.0446. The number of nitrogens with zero attached hydrogens (tertiary/aromatic N) is 1. The summed E-state index contributed by atoms with van der Waals surface area (Å²) in [6.07, 6.45) is -0.800. The number of esters is 1. The summed E-state index contributed by atoms with van der Waals surface area (Å²) in [6.45, 7) is 3.01. The molecule has 0 bridgehead atoms. The number of fused-ring (bicyclic) bond motifs is 1. The summed E-state index contributed by atoms with van der Waals surface area (Å²) in [6, 6.07) is 8.17. The van der Waals surface area contributed by atoms with Crippen LogP contribution in [0.25, 0.3) is 0 Å². The van der Waals surface area contributed by atoms with Crippen LogP contribution in [0.15, 0.2) is 30.3 Å². The Labute approximate surface area is 203 Å². The molecule has 13 heteroatoms. The van der Waals surface area contributed by atoms with E-state index in [2.05, 4.69) is 10.6 Å². The molecule has 174 valence electrons. The number of nitrogens with one attached hydrogen (secondary N) is 2. The highest BCUT2D eigenvalue weighted by molar-refractivity contribution is 8.01. The fraction of sp³-hybridized carbons (Fsp3) is 0.474. The van der Waals surface area contributed by atoms with Crippen LogP contribution in [-0.2, 0) is 30.5 Å². The van der Waals surface area contributed by atoms with Crippen LogP contribution in [0.5, 0.6) is 0 Å². The van der Waals surface area contributed by atoms with E-state index in [1.165, 1.54) is 16.7 Å². The Morgan fingerprint density at radius 3 is 2.47 bits per heavy atom. The zero-order valence-corrected chi connectivity index (χ0v) is 20.1. The van der Waals surface area contributed by atoms with Gasteiger partial charge in [0.25, 0.3) is 5.91 Å². The van der Waals surface area contributed by atoms with Gasteiger partial charge in [-0.3, -0.25) is 14.9 Å². The molecular weight excluding hydrogens is 505 g/mol. The molecule has 2 aliphatic heterocycles. The van der Waals surface area contributed by atoms with Crippen molar-refractivity contribution >= 4 is 70.9 Å². The number of halogens is 3. The minimum atomic E-state index is -1.85. The van der Waals surface area contributed by atoms with Crippen LogP contribution in [0.1, 0.15) is 19.4 Å². The lowest BCUT2D eigenvalue weighted by atomic mass is 9.91. The second kappa shape index (κ2) is 9.17. The fourth-order valence-corrected chi connectivity index (χ4v) is 5.38. The summed E-state index contributed by atoms with van der Waals surface area (Å²) in [5, 5.41) is 3.89. The van der Waals surface area contributed by atoms with Gasteiger partial charge in [-0.15, -0.1) is 11.8 Å². The van der Waals surface area contributed by atoms with Gasteiger partial charge in [0.2, 0.25) is 15.9 Å². The number of β-lactam (4-membered cyclic amide) rings is 1. The molecule has 9 nitrogen and oxygen atoms in total. The summed E-state index contributed by atoms with van der Waals surface area (Å²) in [7, 11) is 0. The van der Waals surface area contributed by atoms with Crippen LogP contribution in [0.2, 0.25) is 0 Å². The van der Waals surface area contributed by atoms with Crippen LogP contribution in [-0.4, -0.2) is 61.5 Å². The van der Waals surface area contributed by atoms with E-state index >= 15 is 0 Å².